The fraction of sp³-hybridized carbons (Fsp3) is 0.0909. The molecule has 0 radical (unpaired) electrons. The van der Waals surface area contributed by atoms with Gasteiger partial charge in [0.05, 0.1) is 7.11 Å². The van der Waals surface area contributed by atoms with Crippen molar-refractivity contribution >= 4 is 5.57 Å². The number of phenolic OH excluding ortho intramolecular Hbond substituents is 1. The molecule has 0 unspecified atom stereocenters. The lowest BCUT2D eigenvalue weighted by atomic mass is 10.1. The van der Waals surface area contributed by atoms with Crippen LogP contribution in [0.1, 0.15) is 5.56 Å². The van der Waals surface area contributed by atoms with E-state index in [1.54, 1.807) is 24.3 Å². The predicted molar refractivity (Wildman–Crippen MR) is 53.9 cm³/mol. The molecule has 13 heavy (non-hydrogen) atoms. The Hall–Kier alpha value is -1.70. The summed E-state index contributed by atoms with van der Waals surface area (Å²) in [7, 11) is 1.51. The van der Waals surface area contributed by atoms with E-state index in [9.17, 15) is 5.11 Å². The summed E-state index contributed by atoms with van der Waals surface area (Å²) in [6.07, 6.45) is 1.59. The highest BCUT2D eigenvalue weighted by atomic mass is 16.5. The Morgan fingerprint density at radius 3 is 2.77 bits per heavy atom. The third kappa shape index (κ3) is 1.72. The normalized spacial score (nSPS) is 9.31. The van der Waals surface area contributed by atoms with Crippen LogP contribution in [-0.2, 0) is 0 Å². The van der Waals surface area contributed by atoms with E-state index in [1.165, 1.54) is 7.11 Å². The van der Waals surface area contributed by atoms with Gasteiger partial charge >= 0.3 is 0 Å². The van der Waals surface area contributed by atoms with Gasteiger partial charge in [0, 0.05) is 5.56 Å². The minimum atomic E-state index is 0.106. The molecule has 1 aromatic carbocycles. The number of phenols is 1. The molecule has 0 heterocycles. The number of hydrogen-bond donors (Lipinski definition) is 1. The van der Waals surface area contributed by atoms with Crippen molar-refractivity contribution in [1.82, 2.24) is 0 Å². The molecule has 1 aromatic rings. The minimum absolute atomic E-state index is 0.106. The summed E-state index contributed by atoms with van der Waals surface area (Å²) in [6, 6.07) is 5.25. The number of hydrogen-bond acceptors (Lipinski definition) is 2. The van der Waals surface area contributed by atoms with Gasteiger partial charge < -0.3 is 9.84 Å². The highest BCUT2D eigenvalue weighted by Gasteiger charge is 2.07. The third-order valence-corrected chi connectivity index (χ3v) is 1.81. The molecule has 0 aromatic heterocycles. The molecule has 0 aliphatic carbocycles. The third-order valence-electron chi connectivity index (χ3n) is 1.81. The van der Waals surface area contributed by atoms with Crippen molar-refractivity contribution in [2.75, 3.05) is 7.11 Å². The number of methoxy groups -OCH3 is 1. The molecule has 1 rings (SSSR count). The number of para-hydroxylation sites is 1. The van der Waals surface area contributed by atoms with Crippen LogP contribution in [0.5, 0.6) is 11.5 Å². The molecule has 0 aliphatic rings. The lowest BCUT2D eigenvalue weighted by Gasteiger charge is -2.07. The van der Waals surface area contributed by atoms with E-state index in [2.05, 4.69) is 13.2 Å². The number of aromatic hydroxyl groups is 1. The van der Waals surface area contributed by atoms with Gasteiger partial charge in [-0.05, 0) is 11.6 Å². The Bertz CT molecular complexity index is 340. The van der Waals surface area contributed by atoms with Crippen molar-refractivity contribution in [3.8, 4) is 11.5 Å². The lowest BCUT2D eigenvalue weighted by Crippen LogP contribution is -1.87. The SMILES string of the molecule is C=CC(=C)c1cccc(OC)c1O. The number of benzene rings is 1. The molecule has 0 amide bonds. The molecule has 0 fully saturated rings. The van der Waals surface area contributed by atoms with E-state index in [-0.39, 0.29) is 5.75 Å². The molecule has 0 saturated carbocycles. The average Bonchev–Trinajstić information content (AvgIpc) is 2.17. The van der Waals surface area contributed by atoms with E-state index in [4.69, 9.17) is 4.74 Å². The number of rotatable bonds is 3. The summed E-state index contributed by atoms with van der Waals surface area (Å²) in [5, 5.41) is 9.66. The molecule has 2 nitrogen and oxygen atoms in total. The predicted octanol–water partition coefficient (Wildman–Crippen LogP) is 2.60. The van der Waals surface area contributed by atoms with Gasteiger partial charge in [-0.3, -0.25) is 0 Å². The van der Waals surface area contributed by atoms with Crippen LogP contribution in [0.4, 0.5) is 0 Å². The quantitative estimate of drug-likeness (QED) is 0.717. The molecule has 0 saturated heterocycles. The largest absolute Gasteiger partial charge is 0.504 e. The van der Waals surface area contributed by atoms with Crippen LogP contribution in [0.3, 0.4) is 0 Å². The maximum absolute atomic E-state index is 9.66. The van der Waals surface area contributed by atoms with Crippen LogP contribution in [0.25, 0.3) is 5.57 Å². The molecule has 0 bridgehead atoms. The maximum atomic E-state index is 9.66. The van der Waals surface area contributed by atoms with Crippen LogP contribution in [-0.4, -0.2) is 12.2 Å². The second-order valence-corrected chi connectivity index (χ2v) is 2.59. The van der Waals surface area contributed by atoms with Crippen LogP contribution < -0.4 is 4.74 Å². The molecule has 0 aliphatic heterocycles. The van der Waals surface area contributed by atoms with Crippen molar-refractivity contribution < 1.29 is 9.84 Å². The van der Waals surface area contributed by atoms with Crippen molar-refractivity contribution in [2.24, 2.45) is 0 Å². The Balaban J connectivity index is 3.22. The van der Waals surface area contributed by atoms with Gasteiger partial charge in [0.15, 0.2) is 11.5 Å². The zero-order chi connectivity index (χ0) is 9.84. The van der Waals surface area contributed by atoms with Gasteiger partial charge in [-0.2, -0.15) is 0 Å². The Kier molecular flexibility index (Phi) is 2.75. The van der Waals surface area contributed by atoms with Crippen molar-refractivity contribution in [1.29, 1.82) is 0 Å². The van der Waals surface area contributed by atoms with E-state index >= 15 is 0 Å². The fourth-order valence-electron chi connectivity index (χ4n) is 1.06. The summed E-state index contributed by atoms with van der Waals surface area (Å²) in [5.41, 5.74) is 1.32. The fourth-order valence-corrected chi connectivity index (χ4v) is 1.06. The first-order valence-corrected chi connectivity index (χ1v) is 3.88. The van der Waals surface area contributed by atoms with Crippen molar-refractivity contribution in [2.45, 2.75) is 0 Å². The summed E-state index contributed by atoms with van der Waals surface area (Å²) >= 11 is 0. The highest BCUT2D eigenvalue weighted by Crippen LogP contribution is 2.33. The summed E-state index contributed by atoms with van der Waals surface area (Å²) < 4.78 is 4.95. The van der Waals surface area contributed by atoms with Crippen LogP contribution >= 0.6 is 0 Å². The summed E-state index contributed by atoms with van der Waals surface area (Å²) in [5.74, 6) is 0.551. The molecule has 1 N–H and O–H groups in total. The Labute approximate surface area is 77.8 Å². The number of allylic oxidation sites excluding steroid dienone is 2. The molecule has 0 atom stereocenters. The molecular weight excluding hydrogens is 164 g/mol. The molecular formula is C11H12O2. The first kappa shape index (κ1) is 9.39. The smallest absolute Gasteiger partial charge is 0.165 e. The van der Waals surface area contributed by atoms with E-state index < -0.39 is 0 Å². The van der Waals surface area contributed by atoms with Gasteiger partial charge in [-0.25, -0.2) is 0 Å². The summed E-state index contributed by atoms with van der Waals surface area (Å²) in [4.78, 5) is 0. The van der Waals surface area contributed by atoms with Gasteiger partial charge in [-0.15, -0.1) is 0 Å². The summed E-state index contributed by atoms with van der Waals surface area (Å²) in [6.45, 7) is 7.33. The zero-order valence-corrected chi connectivity index (χ0v) is 7.58. The Morgan fingerprint density at radius 2 is 2.23 bits per heavy atom. The molecule has 2 heteroatoms. The van der Waals surface area contributed by atoms with Crippen LogP contribution in [0.2, 0.25) is 0 Å². The van der Waals surface area contributed by atoms with Gasteiger partial charge in [0.2, 0.25) is 0 Å². The van der Waals surface area contributed by atoms with Crippen molar-refractivity contribution in [3.63, 3.8) is 0 Å². The van der Waals surface area contributed by atoms with Gasteiger partial charge in [0.1, 0.15) is 0 Å². The van der Waals surface area contributed by atoms with Crippen LogP contribution in [0, 0.1) is 0 Å². The molecule has 0 spiro atoms. The first-order valence-electron chi connectivity index (χ1n) is 3.88. The van der Waals surface area contributed by atoms with E-state index in [0.717, 1.165) is 0 Å². The average molecular weight is 176 g/mol. The monoisotopic (exact) mass is 176 g/mol. The zero-order valence-electron chi connectivity index (χ0n) is 7.58. The van der Waals surface area contributed by atoms with Gasteiger partial charge in [-0.1, -0.05) is 31.4 Å². The minimum Gasteiger partial charge on any atom is -0.504 e. The lowest BCUT2D eigenvalue weighted by molar-refractivity contribution is 0.373. The van der Waals surface area contributed by atoms with Crippen LogP contribution in [0.15, 0.2) is 37.4 Å². The maximum Gasteiger partial charge on any atom is 0.165 e. The first-order chi connectivity index (χ1) is 6.20. The highest BCUT2D eigenvalue weighted by molar-refractivity contribution is 5.77. The van der Waals surface area contributed by atoms with Gasteiger partial charge in [0.25, 0.3) is 0 Å². The van der Waals surface area contributed by atoms with Crippen molar-refractivity contribution in [3.05, 3.63) is 43.0 Å². The molecule has 68 valence electrons. The second-order valence-electron chi connectivity index (χ2n) is 2.59. The van der Waals surface area contributed by atoms with E-state index in [1.807, 2.05) is 0 Å². The number of ether oxygens (including phenoxy) is 1. The topological polar surface area (TPSA) is 29.5 Å². The standard InChI is InChI=1S/C11H12O2/c1-4-8(2)9-6-5-7-10(13-3)11(9)12/h4-7,12H,1-2H2,3H3. The second kappa shape index (κ2) is 3.81. The Morgan fingerprint density at radius 1 is 1.54 bits per heavy atom. The van der Waals surface area contributed by atoms with E-state index in [0.29, 0.717) is 16.9 Å².